The molecule has 0 saturated heterocycles. The average molecular weight is 365 g/mol. The fourth-order valence-corrected chi connectivity index (χ4v) is 4.72. The molecule has 0 spiro atoms. The monoisotopic (exact) mass is 365 g/mol. The smallest absolute Gasteiger partial charge is 0.168 e. The number of Topliss-reactive ketones (excluding diaryl/α,β-unsaturated/α-hetero) is 1. The Morgan fingerprint density at radius 3 is 2.39 bits per heavy atom. The maximum absolute atomic E-state index is 13.2. The van der Waals surface area contributed by atoms with E-state index in [1.165, 1.54) is 11.1 Å². The van der Waals surface area contributed by atoms with Crippen molar-refractivity contribution in [3.63, 3.8) is 0 Å². The van der Waals surface area contributed by atoms with E-state index in [0.29, 0.717) is 6.42 Å². The lowest BCUT2D eigenvalue weighted by Crippen LogP contribution is -2.24. The Hall–Kier alpha value is -3.13. The second-order valence-electron chi connectivity index (χ2n) is 8.46. The summed E-state index contributed by atoms with van der Waals surface area (Å²) in [6.45, 7) is 4.46. The highest BCUT2D eigenvalue weighted by Crippen LogP contribution is 2.48. The number of benzene rings is 3. The van der Waals surface area contributed by atoms with Crippen LogP contribution in [0, 0.1) is 5.41 Å². The third-order valence-electron chi connectivity index (χ3n) is 6.29. The van der Waals surface area contributed by atoms with Crippen LogP contribution >= 0.6 is 0 Å². The van der Waals surface area contributed by atoms with Crippen LogP contribution in [-0.2, 0) is 0 Å². The summed E-state index contributed by atoms with van der Waals surface area (Å²) in [6.07, 6.45) is 5.91. The first kappa shape index (κ1) is 17.0. The molecule has 2 heteroatoms. The van der Waals surface area contributed by atoms with Crippen molar-refractivity contribution in [3.8, 4) is 11.1 Å². The van der Waals surface area contributed by atoms with Gasteiger partial charge < -0.3 is 5.73 Å². The Balaban J connectivity index is 1.77. The van der Waals surface area contributed by atoms with Crippen LogP contribution in [0.25, 0.3) is 27.5 Å². The first-order valence-corrected chi connectivity index (χ1v) is 9.82. The Morgan fingerprint density at radius 2 is 1.61 bits per heavy atom. The van der Waals surface area contributed by atoms with Crippen molar-refractivity contribution in [2.45, 2.75) is 26.7 Å². The van der Waals surface area contributed by atoms with Gasteiger partial charge in [0.2, 0.25) is 0 Å². The van der Waals surface area contributed by atoms with Crippen molar-refractivity contribution < 1.29 is 4.79 Å². The Labute approximate surface area is 165 Å². The second-order valence-corrected chi connectivity index (χ2v) is 8.46. The number of fused-ring (bicyclic) bond motifs is 4. The van der Waals surface area contributed by atoms with Gasteiger partial charge in [0, 0.05) is 28.6 Å². The van der Waals surface area contributed by atoms with Crippen LogP contribution in [-0.4, -0.2) is 5.78 Å². The van der Waals surface area contributed by atoms with E-state index in [0.717, 1.165) is 45.1 Å². The molecule has 0 fully saturated rings. The van der Waals surface area contributed by atoms with Crippen LogP contribution in [0.15, 0.2) is 72.3 Å². The molecule has 138 valence electrons. The van der Waals surface area contributed by atoms with Crippen molar-refractivity contribution in [3.05, 3.63) is 83.4 Å². The number of ketones is 1. The number of nitrogen functional groups attached to an aromatic ring is 1. The third kappa shape index (κ3) is 2.37. The third-order valence-corrected chi connectivity index (χ3v) is 6.29. The van der Waals surface area contributed by atoms with Gasteiger partial charge in [-0.25, -0.2) is 0 Å². The summed E-state index contributed by atoms with van der Waals surface area (Å²) < 4.78 is 0. The number of anilines is 1. The van der Waals surface area contributed by atoms with E-state index in [2.05, 4.69) is 56.3 Å². The van der Waals surface area contributed by atoms with Crippen molar-refractivity contribution in [2.75, 3.05) is 5.73 Å². The molecule has 3 aromatic rings. The second kappa shape index (κ2) is 5.93. The van der Waals surface area contributed by atoms with Gasteiger partial charge in [0.05, 0.1) is 0 Å². The Morgan fingerprint density at radius 1 is 0.893 bits per heavy atom. The standard InChI is InChI=1S/C26H23NO/c1-26(2)14-6-9-18-19-12-13-21-20(24(19)23(28)15-22(18)26)11-10-17(25(21)27)16-7-4-3-5-8-16/h3-13H,14-15,27H2,1-2H3. The Bertz CT molecular complexity index is 1200. The van der Waals surface area contributed by atoms with E-state index in [-0.39, 0.29) is 11.2 Å². The summed E-state index contributed by atoms with van der Waals surface area (Å²) in [5, 5.41) is 1.92. The summed E-state index contributed by atoms with van der Waals surface area (Å²) in [5.74, 6) is 0.203. The molecule has 28 heavy (non-hydrogen) atoms. The number of carbonyl (C=O) groups is 1. The normalized spacial score (nSPS) is 17.6. The quantitative estimate of drug-likeness (QED) is 0.506. The summed E-state index contributed by atoms with van der Waals surface area (Å²) in [4.78, 5) is 13.2. The molecule has 0 bridgehead atoms. The number of allylic oxidation sites excluding steroid dienone is 4. The van der Waals surface area contributed by atoms with E-state index < -0.39 is 0 Å². The number of carbonyl (C=O) groups excluding carboxylic acids is 1. The maximum atomic E-state index is 13.2. The van der Waals surface area contributed by atoms with E-state index in [1.807, 2.05) is 24.3 Å². The molecular weight excluding hydrogens is 342 g/mol. The molecule has 5 rings (SSSR count). The fourth-order valence-electron chi connectivity index (χ4n) is 4.72. The first-order valence-electron chi connectivity index (χ1n) is 9.82. The zero-order valence-corrected chi connectivity index (χ0v) is 16.3. The molecule has 3 aromatic carbocycles. The molecule has 0 radical (unpaired) electrons. The topological polar surface area (TPSA) is 43.1 Å². The van der Waals surface area contributed by atoms with Gasteiger partial charge in [-0.3, -0.25) is 4.79 Å². The molecule has 0 heterocycles. The highest BCUT2D eigenvalue weighted by atomic mass is 16.1. The van der Waals surface area contributed by atoms with Crippen LogP contribution in [0.2, 0.25) is 0 Å². The van der Waals surface area contributed by atoms with E-state index >= 15 is 0 Å². The van der Waals surface area contributed by atoms with Crippen molar-refractivity contribution >= 4 is 27.8 Å². The summed E-state index contributed by atoms with van der Waals surface area (Å²) >= 11 is 0. The maximum Gasteiger partial charge on any atom is 0.168 e. The van der Waals surface area contributed by atoms with Crippen LogP contribution in [0.4, 0.5) is 5.69 Å². The van der Waals surface area contributed by atoms with Gasteiger partial charge in [0.15, 0.2) is 5.78 Å². The van der Waals surface area contributed by atoms with Crippen molar-refractivity contribution in [1.82, 2.24) is 0 Å². The lowest BCUT2D eigenvalue weighted by molar-refractivity contribution is 0.0985. The predicted molar refractivity (Wildman–Crippen MR) is 117 cm³/mol. The molecule has 0 aliphatic heterocycles. The highest BCUT2D eigenvalue weighted by molar-refractivity contribution is 6.18. The lowest BCUT2D eigenvalue weighted by Gasteiger charge is -2.35. The summed E-state index contributed by atoms with van der Waals surface area (Å²) in [5.41, 5.74) is 13.8. The number of nitrogens with two attached hydrogens (primary N) is 1. The van der Waals surface area contributed by atoms with Gasteiger partial charge in [-0.1, -0.05) is 80.6 Å². The summed E-state index contributed by atoms with van der Waals surface area (Å²) in [7, 11) is 0. The van der Waals surface area contributed by atoms with Crippen LogP contribution in [0.1, 0.15) is 42.6 Å². The molecule has 0 unspecified atom stereocenters. The lowest BCUT2D eigenvalue weighted by atomic mass is 9.68. The number of hydrogen-bond donors (Lipinski definition) is 1. The predicted octanol–water partition coefficient (Wildman–Crippen LogP) is 6.42. The minimum atomic E-state index is 0.0303. The number of rotatable bonds is 1. The zero-order chi connectivity index (χ0) is 19.5. The van der Waals surface area contributed by atoms with Gasteiger partial charge in [0.25, 0.3) is 0 Å². The fraction of sp³-hybridized carbons (Fsp3) is 0.192. The number of hydrogen-bond acceptors (Lipinski definition) is 2. The van der Waals surface area contributed by atoms with Crippen LogP contribution < -0.4 is 5.73 Å². The largest absolute Gasteiger partial charge is 0.398 e. The SMILES string of the molecule is CC1(C)CC=CC2=C1CC(=O)c1c2ccc2c(N)c(-c3ccccc3)ccc12. The minimum absolute atomic E-state index is 0.0303. The molecule has 2 aliphatic carbocycles. The van der Waals surface area contributed by atoms with Crippen LogP contribution in [0.5, 0.6) is 0 Å². The Kier molecular flexibility index (Phi) is 3.60. The molecular formula is C26H23NO. The molecule has 0 amide bonds. The average Bonchev–Trinajstić information content (AvgIpc) is 2.69. The van der Waals surface area contributed by atoms with E-state index in [9.17, 15) is 4.79 Å². The summed E-state index contributed by atoms with van der Waals surface area (Å²) in [6, 6.07) is 18.4. The van der Waals surface area contributed by atoms with E-state index in [1.54, 1.807) is 0 Å². The molecule has 0 saturated carbocycles. The van der Waals surface area contributed by atoms with Crippen LogP contribution in [0.3, 0.4) is 0 Å². The van der Waals surface area contributed by atoms with Crippen molar-refractivity contribution in [1.29, 1.82) is 0 Å². The van der Waals surface area contributed by atoms with Gasteiger partial charge in [-0.05, 0) is 39.5 Å². The molecule has 2 N–H and O–H groups in total. The van der Waals surface area contributed by atoms with Crippen molar-refractivity contribution in [2.24, 2.45) is 5.41 Å². The zero-order valence-electron chi connectivity index (χ0n) is 16.3. The van der Waals surface area contributed by atoms with Gasteiger partial charge >= 0.3 is 0 Å². The van der Waals surface area contributed by atoms with Gasteiger partial charge in [-0.2, -0.15) is 0 Å². The first-order chi connectivity index (χ1) is 13.5. The minimum Gasteiger partial charge on any atom is -0.398 e. The highest BCUT2D eigenvalue weighted by Gasteiger charge is 2.35. The molecule has 2 aliphatic rings. The van der Waals surface area contributed by atoms with Gasteiger partial charge in [0.1, 0.15) is 0 Å². The van der Waals surface area contributed by atoms with E-state index in [4.69, 9.17) is 5.73 Å². The molecule has 2 nitrogen and oxygen atoms in total. The molecule has 0 atom stereocenters. The molecule has 0 aromatic heterocycles. The van der Waals surface area contributed by atoms with Gasteiger partial charge in [-0.15, -0.1) is 0 Å².